The zero-order valence-electron chi connectivity index (χ0n) is 13.3. The quantitative estimate of drug-likeness (QED) is 0.733. The summed E-state index contributed by atoms with van der Waals surface area (Å²) in [5.41, 5.74) is 2.13. The van der Waals surface area contributed by atoms with Gasteiger partial charge >= 0.3 is 0 Å². The lowest BCUT2D eigenvalue weighted by Gasteiger charge is -2.05. The van der Waals surface area contributed by atoms with Crippen LogP contribution in [0.1, 0.15) is 21.0 Å². The number of sulfonamides is 1. The Hall–Kier alpha value is -2.02. The first-order valence-corrected chi connectivity index (χ1v) is 9.87. The van der Waals surface area contributed by atoms with Crippen LogP contribution in [0.4, 0.5) is 0 Å². The van der Waals surface area contributed by atoms with E-state index in [0.29, 0.717) is 0 Å². The van der Waals surface area contributed by atoms with Gasteiger partial charge in [-0.15, -0.1) is 11.3 Å². The van der Waals surface area contributed by atoms with Crippen LogP contribution >= 0.6 is 11.3 Å². The van der Waals surface area contributed by atoms with E-state index in [9.17, 15) is 8.42 Å². The van der Waals surface area contributed by atoms with Crippen LogP contribution in [0, 0.1) is 6.92 Å². The molecule has 0 aliphatic rings. The summed E-state index contributed by atoms with van der Waals surface area (Å²) in [7, 11) is -3.51. The van der Waals surface area contributed by atoms with Gasteiger partial charge in [0, 0.05) is 17.5 Å². The highest BCUT2D eigenvalue weighted by Gasteiger charge is 2.14. The van der Waals surface area contributed by atoms with Crippen LogP contribution in [0.2, 0.25) is 0 Å². The molecule has 4 nitrogen and oxygen atoms in total. The Balaban J connectivity index is 1.65. The molecule has 3 aromatic rings. The molecule has 1 N–H and O–H groups in total. The Morgan fingerprint density at radius 3 is 2.62 bits per heavy atom. The van der Waals surface area contributed by atoms with E-state index < -0.39 is 10.0 Å². The van der Waals surface area contributed by atoms with Gasteiger partial charge in [0.1, 0.15) is 5.01 Å². The summed E-state index contributed by atoms with van der Waals surface area (Å²) in [4.78, 5) is 5.72. The van der Waals surface area contributed by atoms with Gasteiger partial charge in [0.05, 0.1) is 11.4 Å². The summed E-state index contributed by atoms with van der Waals surface area (Å²) < 4.78 is 27.3. The summed E-state index contributed by atoms with van der Waals surface area (Å²) in [6.07, 6.45) is 2.62. The van der Waals surface area contributed by atoms with Crippen LogP contribution in [-0.2, 0) is 23.0 Å². The van der Waals surface area contributed by atoms with Gasteiger partial charge in [0.2, 0.25) is 10.0 Å². The topological polar surface area (TPSA) is 59.1 Å². The maximum absolute atomic E-state index is 12.3. The zero-order valence-corrected chi connectivity index (χ0v) is 14.9. The van der Waals surface area contributed by atoms with Gasteiger partial charge in [-0.05, 0) is 30.2 Å². The van der Waals surface area contributed by atoms with E-state index in [2.05, 4.69) is 21.8 Å². The van der Waals surface area contributed by atoms with Gasteiger partial charge in [-0.1, -0.05) is 42.5 Å². The predicted molar refractivity (Wildman–Crippen MR) is 96.6 cm³/mol. The molecule has 24 heavy (non-hydrogen) atoms. The van der Waals surface area contributed by atoms with Crippen molar-refractivity contribution in [3.8, 4) is 0 Å². The summed E-state index contributed by atoms with van der Waals surface area (Å²) in [5.74, 6) is 0. The number of benzene rings is 2. The number of nitrogens with one attached hydrogen (secondary N) is 1. The zero-order chi connectivity index (χ0) is 17.0. The highest BCUT2D eigenvalue weighted by Crippen LogP contribution is 2.18. The maximum atomic E-state index is 12.3. The highest BCUT2D eigenvalue weighted by molar-refractivity contribution is 7.89. The SMILES string of the molecule is Cc1cccc(S(=O)(=O)NCc2ncc(Cc3ccccc3)s2)c1. The van der Waals surface area contributed by atoms with Crippen LogP contribution in [0.25, 0.3) is 0 Å². The Kier molecular flexibility index (Phi) is 5.08. The lowest BCUT2D eigenvalue weighted by Crippen LogP contribution is -2.23. The Morgan fingerprint density at radius 1 is 1.08 bits per heavy atom. The van der Waals surface area contributed by atoms with Gasteiger partial charge < -0.3 is 0 Å². The molecule has 0 atom stereocenters. The van der Waals surface area contributed by atoms with Crippen molar-refractivity contribution in [1.82, 2.24) is 9.71 Å². The second-order valence-corrected chi connectivity index (χ2v) is 8.49. The Labute approximate surface area is 146 Å². The first-order chi connectivity index (χ1) is 11.5. The number of aromatic nitrogens is 1. The third kappa shape index (κ3) is 4.29. The van der Waals surface area contributed by atoms with E-state index in [-0.39, 0.29) is 11.4 Å². The molecule has 3 rings (SSSR count). The summed E-state index contributed by atoms with van der Waals surface area (Å²) >= 11 is 1.53. The van der Waals surface area contributed by atoms with Crippen LogP contribution < -0.4 is 4.72 Å². The molecule has 0 aliphatic carbocycles. The number of nitrogens with zero attached hydrogens (tertiary/aromatic N) is 1. The molecule has 1 aromatic heterocycles. The number of aryl methyl sites for hydroxylation is 1. The van der Waals surface area contributed by atoms with E-state index in [1.54, 1.807) is 18.2 Å². The lowest BCUT2D eigenvalue weighted by molar-refractivity contribution is 0.581. The van der Waals surface area contributed by atoms with Crippen molar-refractivity contribution >= 4 is 21.4 Å². The molecule has 124 valence electrons. The first-order valence-electron chi connectivity index (χ1n) is 7.57. The molecule has 0 amide bonds. The van der Waals surface area contributed by atoms with E-state index in [4.69, 9.17) is 0 Å². The van der Waals surface area contributed by atoms with Gasteiger partial charge in [-0.25, -0.2) is 18.1 Å². The molecular formula is C18H18N2O2S2. The standard InChI is InChI=1S/C18H18N2O2S2/c1-14-6-5-9-17(10-14)24(21,22)20-13-18-19-12-16(23-18)11-15-7-3-2-4-8-15/h2-10,12,20H,11,13H2,1H3. The van der Waals surface area contributed by atoms with E-state index in [1.165, 1.54) is 16.9 Å². The number of thiazole rings is 1. The molecule has 0 fully saturated rings. The molecule has 0 saturated carbocycles. The van der Waals surface area contributed by atoms with E-state index in [1.807, 2.05) is 37.4 Å². The summed E-state index contributed by atoms with van der Waals surface area (Å²) in [5, 5.41) is 0.761. The highest BCUT2D eigenvalue weighted by atomic mass is 32.2. The monoisotopic (exact) mass is 358 g/mol. The number of hydrogen-bond acceptors (Lipinski definition) is 4. The minimum absolute atomic E-state index is 0.204. The van der Waals surface area contributed by atoms with Crippen molar-refractivity contribution in [2.24, 2.45) is 0 Å². The van der Waals surface area contributed by atoms with Crippen molar-refractivity contribution in [3.05, 3.63) is 81.8 Å². The van der Waals surface area contributed by atoms with Gasteiger partial charge in [0.25, 0.3) is 0 Å². The molecule has 0 unspecified atom stereocenters. The van der Waals surface area contributed by atoms with Gasteiger partial charge in [-0.3, -0.25) is 0 Å². The second-order valence-electron chi connectivity index (χ2n) is 5.52. The predicted octanol–water partition coefficient (Wildman–Crippen LogP) is 3.52. The normalized spacial score (nSPS) is 11.5. The van der Waals surface area contributed by atoms with Crippen molar-refractivity contribution in [3.63, 3.8) is 0 Å². The van der Waals surface area contributed by atoms with Gasteiger partial charge in [0.15, 0.2) is 0 Å². The van der Waals surface area contributed by atoms with Crippen molar-refractivity contribution in [1.29, 1.82) is 0 Å². The summed E-state index contributed by atoms with van der Waals surface area (Å²) in [6.45, 7) is 2.07. The van der Waals surface area contributed by atoms with Crippen LogP contribution in [-0.4, -0.2) is 13.4 Å². The molecule has 0 saturated heterocycles. The molecule has 0 radical (unpaired) electrons. The molecule has 0 bridgehead atoms. The molecule has 2 aromatic carbocycles. The number of hydrogen-bond donors (Lipinski definition) is 1. The fourth-order valence-corrected chi connectivity index (χ4v) is 4.41. The maximum Gasteiger partial charge on any atom is 0.240 e. The third-order valence-electron chi connectivity index (χ3n) is 3.54. The fraction of sp³-hybridized carbons (Fsp3) is 0.167. The Bertz CT molecular complexity index is 919. The van der Waals surface area contributed by atoms with Crippen LogP contribution in [0.5, 0.6) is 0 Å². The molecule has 0 spiro atoms. The lowest BCUT2D eigenvalue weighted by atomic mass is 10.1. The van der Waals surface area contributed by atoms with Crippen molar-refractivity contribution in [2.45, 2.75) is 24.8 Å². The van der Waals surface area contributed by atoms with Crippen molar-refractivity contribution < 1.29 is 8.42 Å². The molecule has 1 heterocycles. The second kappa shape index (κ2) is 7.25. The van der Waals surface area contributed by atoms with Gasteiger partial charge in [-0.2, -0.15) is 0 Å². The largest absolute Gasteiger partial charge is 0.248 e. The average Bonchev–Trinajstić information content (AvgIpc) is 3.02. The van der Waals surface area contributed by atoms with Crippen molar-refractivity contribution in [2.75, 3.05) is 0 Å². The minimum Gasteiger partial charge on any atom is -0.248 e. The fourth-order valence-electron chi connectivity index (χ4n) is 2.33. The Morgan fingerprint density at radius 2 is 1.88 bits per heavy atom. The summed E-state index contributed by atoms with van der Waals surface area (Å²) in [6, 6.07) is 17.0. The molecular weight excluding hydrogens is 340 g/mol. The average molecular weight is 358 g/mol. The molecule has 0 aliphatic heterocycles. The van der Waals surface area contributed by atoms with Crippen LogP contribution in [0.3, 0.4) is 0 Å². The third-order valence-corrected chi connectivity index (χ3v) is 5.93. The van der Waals surface area contributed by atoms with E-state index in [0.717, 1.165) is 21.9 Å². The first kappa shape index (κ1) is 16.8. The van der Waals surface area contributed by atoms with Crippen LogP contribution in [0.15, 0.2) is 65.7 Å². The van der Waals surface area contributed by atoms with E-state index >= 15 is 0 Å². The minimum atomic E-state index is -3.51. The molecule has 6 heteroatoms. The smallest absolute Gasteiger partial charge is 0.240 e. The number of rotatable bonds is 6.